The van der Waals surface area contributed by atoms with Crippen molar-refractivity contribution in [1.82, 2.24) is 0 Å². The fourth-order valence-electron chi connectivity index (χ4n) is 3.64. The molecule has 3 atom stereocenters. The Kier molecular flexibility index (Phi) is 1.56. The van der Waals surface area contributed by atoms with Gasteiger partial charge in [0.25, 0.3) is 0 Å². The standard InChI is InChI=1S/C12H20O/c1-5-12(13)8-9-6-7-11(12,4)10(9,2)3/h5,9,13H,1,6-8H2,2-4H3/t9-,11-,12?/m0/s1. The molecule has 0 aromatic heterocycles. The highest BCUT2D eigenvalue weighted by Crippen LogP contribution is 2.69. The molecule has 2 bridgehead atoms. The van der Waals surface area contributed by atoms with E-state index < -0.39 is 5.60 Å². The van der Waals surface area contributed by atoms with Gasteiger partial charge in [-0.05, 0) is 30.6 Å². The van der Waals surface area contributed by atoms with Gasteiger partial charge in [-0.25, -0.2) is 0 Å². The smallest absolute Gasteiger partial charge is 0.0886 e. The molecule has 1 heteroatoms. The van der Waals surface area contributed by atoms with Crippen molar-refractivity contribution in [2.45, 2.75) is 45.6 Å². The number of hydrogen-bond donors (Lipinski definition) is 1. The molecule has 1 unspecified atom stereocenters. The average Bonchev–Trinajstić information content (AvgIpc) is 2.36. The van der Waals surface area contributed by atoms with Crippen LogP contribution >= 0.6 is 0 Å². The van der Waals surface area contributed by atoms with E-state index in [2.05, 4.69) is 27.4 Å². The molecule has 1 nitrogen and oxygen atoms in total. The van der Waals surface area contributed by atoms with Gasteiger partial charge in [0.1, 0.15) is 0 Å². The number of aliphatic hydroxyl groups is 1. The van der Waals surface area contributed by atoms with E-state index in [1.807, 2.05) is 0 Å². The maximum Gasteiger partial charge on any atom is 0.0886 e. The first kappa shape index (κ1) is 9.26. The summed E-state index contributed by atoms with van der Waals surface area (Å²) in [4.78, 5) is 0. The van der Waals surface area contributed by atoms with E-state index in [4.69, 9.17) is 0 Å². The molecule has 2 aliphatic carbocycles. The second-order valence-corrected chi connectivity index (χ2v) is 5.62. The quantitative estimate of drug-likeness (QED) is 0.615. The first-order valence-electron chi connectivity index (χ1n) is 5.23. The van der Waals surface area contributed by atoms with Crippen molar-refractivity contribution in [3.05, 3.63) is 12.7 Å². The largest absolute Gasteiger partial charge is 0.385 e. The van der Waals surface area contributed by atoms with Gasteiger partial charge in [-0.1, -0.05) is 26.8 Å². The second kappa shape index (κ2) is 2.20. The summed E-state index contributed by atoms with van der Waals surface area (Å²) < 4.78 is 0. The van der Waals surface area contributed by atoms with Crippen molar-refractivity contribution in [1.29, 1.82) is 0 Å². The normalized spacial score (nSPS) is 52.5. The Morgan fingerprint density at radius 1 is 1.38 bits per heavy atom. The molecule has 1 N–H and O–H groups in total. The molecule has 0 aromatic rings. The van der Waals surface area contributed by atoms with Crippen LogP contribution in [0.2, 0.25) is 0 Å². The van der Waals surface area contributed by atoms with Gasteiger partial charge in [-0.3, -0.25) is 0 Å². The molecule has 0 saturated heterocycles. The van der Waals surface area contributed by atoms with E-state index in [1.165, 1.54) is 6.42 Å². The maximum absolute atomic E-state index is 10.5. The molecule has 0 spiro atoms. The minimum atomic E-state index is -0.612. The first-order chi connectivity index (χ1) is 5.87. The maximum atomic E-state index is 10.5. The molecule has 2 aliphatic rings. The lowest BCUT2D eigenvalue weighted by molar-refractivity contribution is -0.0507. The third-order valence-corrected chi connectivity index (χ3v) is 5.29. The summed E-state index contributed by atoms with van der Waals surface area (Å²) in [6.07, 6.45) is 5.11. The summed E-state index contributed by atoms with van der Waals surface area (Å²) in [5.74, 6) is 0.681. The SMILES string of the molecule is C=CC1(O)C[C@@H]2CC[C@@]1(C)C2(C)C. The Hall–Kier alpha value is -0.300. The van der Waals surface area contributed by atoms with E-state index in [0.717, 1.165) is 12.8 Å². The van der Waals surface area contributed by atoms with Gasteiger partial charge in [-0.15, -0.1) is 6.58 Å². The third kappa shape index (κ3) is 0.775. The van der Waals surface area contributed by atoms with Crippen LogP contribution in [0.4, 0.5) is 0 Å². The van der Waals surface area contributed by atoms with E-state index in [1.54, 1.807) is 6.08 Å². The Morgan fingerprint density at radius 2 is 2.00 bits per heavy atom. The lowest BCUT2D eigenvalue weighted by atomic mass is 9.64. The Labute approximate surface area is 80.8 Å². The Balaban J connectivity index is 2.49. The van der Waals surface area contributed by atoms with Gasteiger partial charge in [0, 0.05) is 5.41 Å². The fraction of sp³-hybridized carbons (Fsp3) is 0.833. The van der Waals surface area contributed by atoms with Crippen LogP contribution in [0.25, 0.3) is 0 Å². The Bertz CT molecular complexity index is 256. The highest BCUT2D eigenvalue weighted by Gasteiger charge is 2.67. The molecule has 0 radical (unpaired) electrons. The van der Waals surface area contributed by atoms with Crippen LogP contribution in [0.5, 0.6) is 0 Å². The summed E-state index contributed by atoms with van der Waals surface area (Å²) in [7, 11) is 0. The van der Waals surface area contributed by atoms with Crippen molar-refractivity contribution < 1.29 is 5.11 Å². The van der Waals surface area contributed by atoms with Crippen LogP contribution in [0.15, 0.2) is 12.7 Å². The summed E-state index contributed by atoms with van der Waals surface area (Å²) >= 11 is 0. The molecular weight excluding hydrogens is 160 g/mol. The van der Waals surface area contributed by atoms with E-state index in [-0.39, 0.29) is 10.8 Å². The van der Waals surface area contributed by atoms with Gasteiger partial charge in [0.2, 0.25) is 0 Å². The van der Waals surface area contributed by atoms with E-state index in [9.17, 15) is 5.11 Å². The average molecular weight is 180 g/mol. The van der Waals surface area contributed by atoms with Gasteiger partial charge in [-0.2, -0.15) is 0 Å². The molecular formula is C12H20O. The molecule has 0 aromatic carbocycles. The number of hydrogen-bond acceptors (Lipinski definition) is 1. The lowest BCUT2D eigenvalue weighted by Gasteiger charge is -2.43. The molecule has 2 saturated carbocycles. The van der Waals surface area contributed by atoms with E-state index >= 15 is 0 Å². The van der Waals surface area contributed by atoms with Crippen molar-refractivity contribution in [2.75, 3.05) is 0 Å². The molecule has 13 heavy (non-hydrogen) atoms. The van der Waals surface area contributed by atoms with E-state index in [0.29, 0.717) is 5.92 Å². The first-order valence-corrected chi connectivity index (χ1v) is 5.23. The lowest BCUT2D eigenvalue weighted by Crippen LogP contribution is -2.45. The van der Waals surface area contributed by atoms with Crippen LogP contribution in [0.1, 0.15) is 40.0 Å². The van der Waals surface area contributed by atoms with Crippen LogP contribution in [0.3, 0.4) is 0 Å². The predicted molar refractivity (Wildman–Crippen MR) is 54.4 cm³/mol. The van der Waals surface area contributed by atoms with Crippen molar-refractivity contribution in [3.63, 3.8) is 0 Å². The molecule has 2 rings (SSSR count). The topological polar surface area (TPSA) is 20.2 Å². The van der Waals surface area contributed by atoms with Gasteiger partial charge >= 0.3 is 0 Å². The third-order valence-electron chi connectivity index (χ3n) is 5.29. The second-order valence-electron chi connectivity index (χ2n) is 5.62. The summed E-state index contributed by atoms with van der Waals surface area (Å²) in [5, 5.41) is 10.5. The number of rotatable bonds is 1. The molecule has 2 fully saturated rings. The summed E-state index contributed by atoms with van der Waals surface area (Å²) in [6, 6.07) is 0. The summed E-state index contributed by atoms with van der Waals surface area (Å²) in [5.41, 5.74) is -0.290. The van der Waals surface area contributed by atoms with Gasteiger partial charge in [0.05, 0.1) is 5.60 Å². The monoisotopic (exact) mass is 180 g/mol. The minimum absolute atomic E-state index is 0.0480. The highest BCUT2D eigenvalue weighted by molar-refractivity contribution is 5.23. The zero-order valence-electron chi connectivity index (χ0n) is 8.93. The molecule has 74 valence electrons. The zero-order valence-corrected chi connectivity index (χ0v) is 8.93. The molecule has 0 aliphatic heterocycles. The predicted octanol–water partition coefficient (Wildman–Crippen LogP) is 2.75. The van der Waals surface area contributed by atoms with Crippen LogP contribution in [-0.4, -0.2) is 10.7 Å². The molecule has 0 amide bonds. The van der Waals surface area contributed by atoms with Crippen molar-refractivity contribution in [2.24, 2.45) is 16.7 Å². The molecule has 0 heterocycles. The van der Waals surface area contributed by atoms with Crippen molar-refractivity contribution >= 4 is 0 Å². The van der Waals surface area contributed by atoms with Crippen LogP contribution in [0, 0.1) is 16.7 Å². The highest BCUT2D eigenvalue weighted by atomic mass is 16.3. The zero-order chi connectivity index (χ0) is 9.91. The number of fused-ring (bicyclic) bond motifs is 2. The van der Waals surface area contributed by atoms with Crippen LogP contribution < -0.4 is 0 Å². The Morgan fingerprint density at radius 3 is 2.23 bits per heavy atom. The van der Waals surface area contributed by atoms with Gasteiger partial charge in [0.15, 0.2) is 0 Å². The van der Waals surface area contributed by atoms with Crippen LogP contribution in [-0.2, 0) is 0 Å². The fourth-order valence-corrected chi connectivity index (χ4v) is 3.64. The minimum Gasteiger partial charge on any atom is -0.385 e. The van der Waals surface area contributed by atoms with Gasteiger partial charge < -0.3 is 5.11 Å². The summed E-state index contributed by atoms with van der Waals surface area (Å²) in [6.45, 7) is 10.6. The van der Waals surface area contributed by atoms with Crippen molar-refractivity contribution in [3.8, 4) is 0 Å².